The molecule has 0 spiro atoms. The van der Waals surface area contributed by atoms with Crippen molar-refractivity contribution in [2.45, 2.75) is 0 Å². The molecule has 0 saturated heterocycles. The van der Waals surface area contributed by atoms with Gasteiger partial charge in [-0.1, -0.05) is 0 Å². The molecule has 0 aliphatic carbocycles. The summed E-state index contributed by atoms with van der Waals surface area (Å²) in [5, 5.41) is 0. The summed E-state index contributed by atoms with van der Waals surface area (Å²) in [5.74, 6) is 0. The molecule has 0 aromatic carbocycles. The second-order valence-electron chi connectivity index (χ2n) is 0.726. The summed E-state index contributed by atoms with van der Waals surface area (Å²) in [7, 11) is -3.49. The molecule has 0 bridgehead atoms. The summed E-state index contributed by atoms with van der Waals surface area (Å²) in [6.07, 6.45) is 0. The molecule has 0 rings (SSSR count). The first-order valence-electron chi connectivity index (χ1n) is 1.23. The Hall–Kier alpha value is -0.0605. The van der Waals surface area contributed by atoms with Crippen molar-refractivity contribution in [3.63, 3.8) is 0 Å². The predicted octanol–water partition coefficient (Wildman–Crippen LogP) is -0.620. The van der Waals surface area contributed by atoms with E-state index in [0.717, 1.165) is 0 Å². The van der Waals surface area contributed by atoms with Crippen LogP contribution in [0, 0.1) is 0 Å². The summed E-state index contributed by atoms with van der Waals surface area (Å²) in [5.41, 5.74) is 0. The number of hydrogen-bond acceptors (Lipinski definition) is 5. The molecule has 8 heavy (non-hydrogen) atoms. The van der Waals surface area contributed by atoms with E-state index in [1.807, 2.05) is 0 Å². The van der Waals surface area contributed by atoms with Gasteiger partial charge in [0.2, 0.25) is 0 Å². The Morgan fingerprint density at radius 2 is 1.75 bits per heavy atom. The molecule has 0 radical (unpaired) electrons. The van der Waals surface area contributed by atoms with Gasteiger partial charge in [-0.15, -0.1) is 0 Å². The van der Waals surface area contributed by atoms with Crippen molar-refractivity contribution in [3.8, 4) is 0 Å². The van der Waals surface area contributed by atoms with Gasteiger partial charge in [-0.25, -0.2) is 0 Å². The third kappa shape index (κ3) is 5.94. The fourth-order valence-corrected chi connectivity index (χ4v) is 1.20. The van der Waals surface area contributed by atoms with Crippen LogP contribution in [-0.4, -0.2) is 17.6 Å². The van der Waals surface area contributed by atoms with Gasteiger partial charge in [0.05, 0.1) is 0 Å². The molecule has 0 fully saturated rings. The molecule has 0 atom stereocenters. The summed E-state index contributed by atoms with van der Waals surface area (Å²) < 4.78 is 48.2. The third-order valence-corrected chi connectivity index (χ3v) is 2.42. The fraction of sp³-hybridized carbons (Fsp3) is 0. The average Bonchev–Trinajstić information content (AvgIpc) is 1.21. The monoisotopic (exact) mass is 208 g/mol. The molecule has 0 saturated carbocycles. The van der Waals surface area contributed by atoms with Crippen LogP contribution >= 0.6 is 7.91 Å². The normalized spacial score (nSPS) is 11.1. The second kappa shape index (κ2) is 2.48. The van der Waals surface area contributed by atoms with E-state index >= 15 is 0 Å². The Balaban J connectivity index is 4.16. The minimum atomic E-state index is -5.47. The summed E-state index contributed by atoms with van der Waals surface area (Å²) in [4.78, 5) is 0. The Morgan fingerprint density at radius 1 is 1.38 bits per heavy atom. The Bertz CT molecular complexity index is 209. The second-order valence-corrected chi connectivity index (χ2v) is 4.06. The quantitative estimate of drug-likeness (QED) is 0.478. The van der Waals surface area contributed by atoms with Gasteiger partial charge in [-0.05, 0) is 0 Å². The first kappa shape index (κ1) is 7.94. The fourth-order valence-electron chi connectivity index (χ4n) is 0.0769. The molecular weight excluding hydrogens is 206 g/mol. The van der Waals surface area contributed by atoms with Crippen LogP contribution in [0.3, 0.4) is 0 Å². The van der Waals surface area contributed by atoms with Gasteiger partial charge in [0, 0.05) is 0 Å². The van der Waals surface area contributed by atoms with Crippen molar-refractivity contribution >= 4 is 21.3 Å². The van der Waals surface area contributed by atoms with Crippen LogP contribution in [0.2, 0.25) is 0 Å². The van der Waals surface area contributed by atoms with E-state index in [4.69, 9.17) is 4.19 Å². The van der Waals surface area contributed by atoms with Gasteiger partial charge in [0.15, 0.2) is 0 Å². The molecule has 0 aliphatic heterocycles. The van der Waals surface area contributed by atoms with E-state index in [0.29, 0.717) is 0 Å². The van der Waals surface area contributed by atoms with Crippen LogP contribution in [0.4, 0.5) is 0 Å². The number of rotatable bonds is 2. The minimum absolute atomic E-state index is 2.99. The van der Waals surface area contributed by atoms with Crippen molar-refractivity contribution in [3.05, 3.63) is 0 Å². The van der Waals surface area contributed by atoms with Gasteiger partial charge in [-0.2, -0.15) is 0 Å². The van der Waals surface area contributed by atoms with Crippen LogP contribution in [0.1, 0.15) is 0 Å². The average molecular weight is 207 g/mol. The molecule has 0 aliphatic rings. The van der Waals surface area contributed by atoms with Crippen molar-refractivity contribution in [2.75, 3.05) is 0 Å². The SMILES string of the molecule is O=P(=O)O[Se](=O)(=O)O. The summed E-state index contributed by atoms with van der Waals surface area (Å²) in [6, 6.07) is 0. The molecule has 0 unspecified atom stereocenters. The van der Waals surface area contributed by atoms with Crippen molar-refractivity contribution < 1.29 is 24.6 Å². The van der Waals surface area contributed by atoms with Gasteiger partial charge in [0.25, 0.3) is 0 Å². The maximum atomic E-state index is 9.46. The molecule has 1 N–H and O–H groups in total. The van der Waals surface area contributed by atoms with E-state index < -0.39 is 21.3 Å². The van der Waals surface area contributed by atoms with Crippen LogP contribution < -0.4 is 0 Å². The first-order valence-corrected chi connectivity index (χ1v) is 5.19. The van der Waals surface area contributed by atoms with Crippen LogP contribution in [0.25, 0.3) is 0 Å². The third-order valence-electron chi connectivity index (χ3n) is 0.155. The van der Waals surface area contributed by atoms with Crippen LogP contribution in [0.5, 0.6) is 0 Å². The Morgan fingerprint density at radius 3 is 1.75 bits per heavy atom. The molecule has 0 aromatic heterocycles. The van der Waals surface area contributed by atoms with Gasteiger partial charge in [0.1, 0.15) is 0 Å². The predicted molar refractivity (Wildman–Crippen MR) is 18.7 cm³/mol. The number of hydrogen-bond donors (Lipinski definition) is 1. The molecule has 48 valence electrons. The van der Waals surface area contributed by atoms with E-state index in [1.165, 1.54) is 0 Å². The Kier molecular flexibility index (Phi) is 2.46. The maximum absolute atomic E-state index is 9.46. The molecule has 6 nitrogen and oxygen atoms in total. The topological polar surface area (TPSA) is 97.7 Å². The van der Waals surface area contributed by atoms with Crippen LogP contribution in [0.15, 0.2) is 0 Å². The van der Waals surface area contributed by atoms with Crippen molar-refractivity contribution in [2.24, 2.45) is 0 Å². The summed E-state index contributed by atoms with van der Waals surface area (Å²) in [6.45, 7) is 0. The van der Waals surface area contributed by atoms with Gasteiger partial charge in [-0.3, -0.25) is 0 Å². The van der Waals surface area contributed by atoms with Gasteiger partial charge < -0.3 is 0 Å². The van der Waals surface area contributed by atoms with E-state index in [-0.39, 0.29) is 0 Å². The first-order chi connectivity index (χ1) is 3.42. The van der Waals surface area contributed by atoms with Crippen molar-refractivity contribution in [1.82, 2.24) is 0 Å². The molecule has 0 aromatic rings. The summed E-state index contributed by atoms with van der Waals surface area (Å²) >= 11 is -5.47. The standard InChI is InChI=1S/HO6PSe/c1-7(2)6-8(3,4)5/h(H,3,4,5). The molecule has 0 heterocycles. The molecular formula is HO6PSe. The zero-order valence-corrected chi connectivity index (χ0v) is 5.95. The van der Waals surface area contributed by atoms with Crippen molar-refractivity contribution in [1.29, 1.82) is 0 Å². The zero-order chi connectivity index (χ0) is 6.78. The van der Waals surface area contributed by atoms with E-state index in [2.05, 4.69) is 3.61 Å². The van der Waals surface area contributed by atoms with E-state index in [1.54, 1.807) is 0 Å². The van der Waals surface area contributed by atoms with Gasteiger partial charge >= 0.3 is 45.9 Å². The zero-order valence-electron chi connectivity index (χ0n) is 3.34. The molecule has 0 amide bonds. The molecule has 8 heteroatoms. The Labute approximate surface area is 46.6 Å². The van der Waals surface area contributed by atoms with E-state index in [9.17, 15) is 16.8 Å². The van der Waals surface area contributed by atoms with Crippen LogP contribution in [-0.2, 0) is 20.4 Å².